The van der Waals surface area contributed by atoms with Gasteiger partial charge in [0.1, 0.15) is 0 Å². The number of rotatable bonds is 11. The van der Waals surface area contributed by atoms with E-state index >= 15 is 0 Å². The van der Waals surface area contributed by atoms with Gasteiger partial charge in [0.2, 0.25) is 0 Å². The highest BCUT2D eigenvalue weighted by atomic mass is 28.4. The van der Waals surface area contributed by atoms with E-state index in [4.69, 9.17) is 29.6 Å². The Morgan fingerprint density at radius 2 is 1.44 bits per heavy atom. The molecule has 4 N–H and O–H groups in total. The van der Waals surface area contributed by atoms with Crippen LogP contribution >= 0.6 is 0 Å². The van der Waals surface area contributed by atoms with Crippen LogP contribution in [0.1, 0.15) is 6.92 Å². The maximum atomic E-state index is 5.74. The van der Waals surface area contributed by atoms with Crippen molar-refractivity contribution in [1.29, 1.82) is 0 Å². The zero-order valence-electron chi connectivity index (χ0n) is 11.1. The smallest absolute Gasteiger partial charge is 0.347 e. The molecule has 0 saturated carbocycles. The van der Waals surface area contributed by atoms with Gasteiger partial charge in [0.15, 0.2) is 0 Å². The minimum Gasteiger partial charge on any atom is -0.347 e. The van der Waals surface area contributed by atoms with Crippen LogP contribution in [0.4, 0.5) is 0 Å². The third kappa shape index (κ3) is 6.15. The average molecular weight is 286 g/mol. The Morgan fingerprint density at radius 1 is 1.00 bits per heavy atom. The summed E-state index contributed by atoms with van der Waals surface area (Å²) >= 11 is 0. The molecule has 18 heavy (non-hydrogen) atoms. The van der Waals surface area contributed by atoms with Gasteiger partial charge in [0, 0.05) is 18.6 Å². The molecule has 2 atom stereocenters. The van der Waals surface area contributed by atoms with Gasteiger partial charge in [-0.05, 0) is 13.5 Å². The van der Waals surface area contributed by atoms with Gasteiger partial charge < -0.3 is 15.9 Å². The summed E-state index contributed by atoms with van der Waals surface area (Å²) in [6.45, 7) is 2.31. The molecule has 0 aromatic carbocycles. The van der Waals surface area contributed by atoms with Gasteiger partial charge in [-0.15, -0.1) is 0 Å². The molecule has 10 heteroatoms. The zero-order chi connectivity index (χ0) is 14.0. The van der Waals surface area contributed by atoms with Gasteiger partial charge in [-0.3, -0.25) is 0 Å². The summed E-state index contributed by atoms with van der Waals surface area (Å²) in [5.41, 5.74) is 11.3. The molecule has 0 heterocycles. The van der Waals surface area contributed by atoms with Gasteiger partial charge in [-0.1, -0.05) is 0 Å². The first-order chi connectivity index (χ1) is 8.55. The van der Waals surface area contributed by atoms with E-state index < -0.39 is 9.05 Å². The Balaban J connectivity index is 4.54. The lowest BCUT2D eigenvalue weighted by Crippen LogP contribution is -2.51. The fourth-order valence-corrected chi connectivity index (χ4v) is 2.32. The Labute approximate surface area is 107 Å². The van der Waals surface area contributed by atoms with Gasteiger partial charge in [0.05, 0.1) is 21.3 Å². The highest BCUT2D eigenvalue weighted by Gasteiger charge is 2.52. The first-order valence-corrected chi connectivity index (χ1v) is 6.93. The predicted octanol–water partition coefficient (Wildman–Crippen LogP) is -0.905. The van der Waals surface area contributed by atoms with Crippen LogP contribution in [0.2, 0.25) is 0 Å². The summed E-state index contributed by atoms with van der Waals surface area (Å²) in [6.07, 6.45) is 0. The lowest BCUT2D eigenvalue weighted by atomic mass is 10.0. The molecule has 9 nitrogen and oxygen atoms in total. The molecule has 0 aliphatic rings. The molecule has 0 aromatic heterocycles. The minimum atomic E-state index is -3.70. The fraction of sp³-hybridized carbons (Fsp3) is 1.00. The van der Waals surface area contributed by atoms with Crippen LogP contribution in [0.25, 0.3) is 0 Å². The van der Waals surface area contributed by atoms with Gasteiger partial charge in [-0.25, -0.2) is 14.7 Å². The Bertz CT molecular complexity index is 193. The number of hydrogen-bond donors (Lipinski definition) is 2. The van der Waals surface area contributed by atoms with E-state index in [2.05, 4.69) is 14.7 Å². The van der Waals surface area contributed by atoms with E-state index in [1.807, 2.05) is 6.92 Å². The maximum Gasteiger partial charge on any atom is 0.764 e. The predicted molar refractivity (Wildman–Crippen MR) is 62.2 cm³/mol. The molecule has 0 spiro atoms. The van der Waals surface area contributed by atoms with Gasteiger partial charge in [-0.2, -0.15) is 13.7 Å². The molecule has 0 bridgehead atoms. The molecule has 0 aromatic rings. The number of nitrogens with two attached hydrogens (primary N) is 2. The van der Waals surface area contributed by atoms with E-state index in [1.165, 1.54) is 21.3 Å². The minimum absolute atomic E-state index is 0.0988. The largest absolute Gasteiger partial charge is 0.764 e. The Hall–Kier alpha value is -0.143. The van der Waals surface area contributed by atoms with E-state index in [-0.39, 0.29) is 18.6 Å². The van der Waals surface area contributed by atoms with Gasteiger partial charge in [0.25, 0.3) is 0 Å². The third-order valence-electron chi connectivity index (χ3n) is 2.08. The average Bonchev–Trinajstić information content (AvgIpc) is 2.30. The van der Waals surface area contributed by atoms with Crippen molar-refractivity contribution in [1.82, 2.24) is 0 Å². The molecule has 2 unspecified atom stereocenters. The third-order valence-corrected chi connectivity index (χ3v) is 3.71. The molecule has 0 saturated heterocycles. The van der Waals surface area contributed by atoms with Crippen LogP contribution in [0.3, 0.4) is 0 Å². The topological polar surface area (TPSA) is 117 Å². The van der Waals surface area contributed by atoms with Crippen LogP contribution in [0.15, 0.2) is 0 Å². The molecule has 0 radical (unpaired) electrons. The van der Waals surface area contributed by atoms with Crippen molar-refractivity contribution in [2.75, 3.05) is 34.5 Å². The first-order valence-electron chi connectivity index (χ1n) is 5.30. The summed E-state index contributed by atoms with van der Waals surface area (Å²) in [6, 6.07) is -0.158. The molecule has 0 fully saturated rings. The van der Waals surface area contributed by atoms with Crippen molar-refractivity contribution >= 4 is 9.05 Å². The van der Waals surface area contributed by atoms with Crippen LogP contribution in [0, 0.1) is 5.92 Å². The zero-order valence-corrected chi connectivity index (χ0v) is 12.1. The molecule has 0 aliphatic carbocycles. The quantitative estimate of drug-likeness (QED) is 0.283. The monoisotopic (exact) mass is 286 g/mol. The second-order valence-electron chi connectivity index (χ2n) is 3.42. The summed E-state index contributed by atoms with van der Waals surface area (Å²) in [7, 11) is 0.121. The molecule has 110 valence electrons. The van der Waals surface area contributed by atoms with Crippen molar-refractivity contribution in [3.8, 4) is 0 Å². The summed E-state index contributed by atoms with van der Waals surface area (Å²) in [5, 5.41) is 0. The van der Waals surface area contributed by atoms with E-state index in [0.717, 1.165) is 0 Å². The van der Waals surface area contributed by atoms with Crippen LogP contribution in [0.5, 0.6) is 0 Å². The van der Waals surface area contributed by atoms with Crippen molar-refractivity contribution in [2.45, 2.75) is 13.0 Å². The normalized spacial score (nSPS) is 15.7. The summed E-state index contributed by atoms with van der Waals surface area (Å²) in [5.74, 6) is -0.0988. The highest BCUT2D eigenvalue weighted by Crippen LogP contribution is 2.15. The second kappa shape index (κ2) is 9.74. The fourth-order valence-electron chi connectivity index (χ4n) is 1.06. The molecular formula is C8H22N2O7Si. The SMILES string of the molecule is COO[Si](OCC(CN)C(C)N)(OOC)OOC. The lowest BCUT2D eigenvalue weighted by Gasteiger charge is -2.26. The highest BCUT2D eigenvalue weighted by molar-refractivity contribution is 6.52. The maximum absolute atomic E-state index is 5.74. The van der Waals surface area contributed by atoms with E-state index in [1.54, 1.807) is 0 Å². The summed E-state index contributed by atoms with van der Waals surface area (Å²) < 4.78 is 19.9. The molecular weight excluding hydrogens is 264 g/mol. The van der Waals surface area contributed by atoms with E-state index in [9.17, 15) is 0 Å². The second-order valence-corrected chi connectivity index (χ2v) is 5.20. The van der Waals surface area contributed by atoms with Gasteiger partial charge >= 0.3 is 9.05 Å². The van der Waals surface area contributed by atoms with Crippen molar-refractivity contribution in [3.63, 3.8) is 0 Å². The van der Waals surface area contributed by atoms with Crippen molar-refractivity contribution in [2.24, 2.45) is 17.4 Å². The standard InChI is InChI=1S/C8H22N2O7Si/c1-7(10)8(5-9)6-14-18(15-11-2,16-12-3)17-13-4/h7-8H,5-6,9-10H2,1-4H3. The Morgan fingerprint density at radius 3 is 1.72 bits per heavy atom. The van der Waals surface area contributed by atoms with Crippen LogP contribution < -0.4 is 11.5 Å². The van der Waals surface area contributed by atoms with Crippen molar-refractivity contribution in [3.05, 3.63) is 0 Å². The van der Waals surface area contributed by atoms with Crippen LogP contribution in [-0.4, -0.2) is 49.6 Å². The molecule has 0 aliphatic heterocycles. The summed E-state index contributed by atoms with van der Waals surface area (Å²) in [4.78, 5) is 13.5. The van der Waals surface area contributed by atoms with E-state index in [0.29, 0.717) is 6.54 Å². The van der Waals surface area contributed by atoms with Crippen molar-refractivity contribution < 1.29 is 32.8 Å². The Kier molecular flexibility index (Phi) is 9.67. The number of hydrogen-bond acceptors (Lipinski definition) is 9. The first kappa shape index (κ1) is 17.9. The molecule has 0 rings (SSSR count). The van der Waals surface area contributed by atoms with Crippen LogP contribution in [-0.2, 0) is 32.8 Å². The molecule has 0 amide bonds. The lowest BCUT2D eigenvalue weighted by molar-refractivity contribution is -0.371.